The molecule has 1 aromatic heterocycles. The van der Waals surface area contributed by atoms with Gasteiger partial charge in [-0.05, 0) is 55.4 Å². The molecule has 3 aromatic rings. The lowest BCUT2D eigenvalue weighted by atomic mass is 9.89. The van der Waals surface area contributed by atoms with E-state index in [1.54, 1.807) is 7.11 Å². The fourth-order valence-corrected chi connectivity index (χ4v) is 5.70. The smallest absolute Gasteiger partial charge is 0.271 e. The van der Waals surface area contributed by atoms with Crippen LogP contribution < -0.4 is 10.1 Å². The number of aryl methyl sites for hydroxylation is 3. The minimum Gasteiger partial charge on any atom is -0.496 e. The Morgan fingerprint density at radius 3 is 2.49 bits per heavy atom. The molecule has 3 heterocycles. The number of ether oxygens (including phenoxy) is 1. The number of hydrogen-bond donors (Lipinski definition) is 1. The Morgan fingerprint density at radius 1 is 1.09 bits per heavy atom. The van der Waals surface area contributed by atoms with Crippen molar-refractivity contribution in [2.45, 2.75) is 64.6 Å². The predicted molar refractivity (Wildman–Crippen MR) is 138 cm³/mol. The summed E-state index contributed by atoms with van der Waals surface area (Å²) in [6.45, 7) is 8.05. The second-order valence-corrected chi connectivity index (χ2v) is 10.1. The summed E-state index contributed by atoms with van der Waals surface area (Å²) in [5.74, 6) is 2.37. The van der Waals surface area contributed by atoms with Gasteiger partial charge in [-0.25, -0.2) is 4.98 Å². The van der Waals surface area contributed by atoms with Crippen molar-refractivity contribution in [3.8, 4) is 5.75 Å². The zero-order chi connectivity index (χ0) is 24.4. The first-order valence-corrected chi connectivity index (χ1v) is 12.8. The summed E-state index contributed by atoms with van der Waals surface area (Å²) < 4.78 is 7.72. The number of hydrogen-bond acceptors (Lipinski definition) is 4. The number of methoxy groups -OCH3 is 1. The molecule has 1 saturated heterocycles. The molecule has 5 rings (SSSR count). The van der Waals surface area contributed by atoms with E-state index < -0.39 is 0 Å². The maximum Gasteiger partial charge on any atom is 0.271 e. The monoisotopic (exact) mass is 472 g/mol. The van der Waals surface area contributed by atoms with Gasteiger partial charge in [-0.15, -0.1) is 0 Å². The summed E-state index contributed by atoms with van der Waals surface area (Å²) in [6, 6.07) is 15.3. The fraction of sp³-hybridized carbons (Fsp3) is 0.448. The van der Waals surface area contributed by atoms with Crippen molar-refractivity contribution in [1.29, 1.82) is 0 Å². The fourth-order valence-electron chi connectivity index (χ4n) is 5.70. The quantitative estimate of drug-likeness (QED) is 0.568. The van der Waals surface area contributed by atoms with Crippen LogP contribution in [-0.2, 0) is 19.5 Å². The van der Waals surface area contributed by atoms with Crippen LogP contribution in [0.4, 0.5) is 0 Å². The van der Waals surface area contributed by atoms with Crippen LogP contribution in [0.3, 0.4) is 0 Å². The Morgan fingerprint density at radius 2 is 1.80 bits per heavy atom. The van der Waals surface area contributed by atoms with Crippen molar-refractivity contribution < 1.29 is 9.53 Å². The van der Waals surface area contributed by atoms with Crippen LogP contribution in [0.2, 0.25) is 0 Å². The Labute approximate surface area is 208 Å². The van der Waals surface area contributed by atoms with Crippen LogP contribution in [0.1, 0.15) is 63.7 Å². The highest BCUT2D eigenvalue weighted by molar-refractivity contribution is 5.92. The van der Waals surface area contributed by atoms with E-state index in [0.29, 0.717) is 11.6 Å². The van der Waals surface area contributed by atoms with Crippen molar-refractivity contribution in [2.24, 2.45) is 0 Å². The molecule has 35 heavy (non-hydrogen) atoms. The number of carbonyl (C=O) groups is 1. The van der Waals surface area contributed by atoms with E-state index in [4.69, 9.17) is 9.72 Å². The molecule has 1 atom stereocenters. The molecule has 2 aliphatic heterocycles. The molecule has 0 saturated carbocycles. The number of fused-ring (bicyclic) bond motifs is 1. The van der Waals surface area contributed by atoms with Crippen molar-refractivity contribution in [3.05, 3.63) is 82.4 Å². The lowest BCUT2D eigenvalue weighted by Crippen LogP contribution is -2.44. The molecule has 6 nitrogen and oxygen atoms in total. The van der Waals surface area contributed by atoms with Gasteiger partial charge in [0.05, 0.1) is 7.11 Å². The van der Waals surface area contributed by atoms with E-state index in [1.165, 1.54) is 22.3 Å². The highest BCUT2D eigenvalue weighted by Crippen LogP contribution is 2.33. The molecule has 1 amide bonds. The average Bonchev–Trinajstić information content (AvgIpc) is 3.29. The van der Waals surface area contributed by atoms with Crippen molar-refractivity contribution in [1.82, 2.24) is 19.8 Å². The minimum atomic E-state index is -0.0407. The summed E-state index contributed by atoms with van der Waals surface area (Å²) in [6.07, 6.45) is 5.84. The number of likely N-dealkylation sites (tertiary alicyclic amines) is 1. The van der Waals surface area contributed by atoms with Crippen LogP contribution in [0.5, 0.6) is 5.75 Å². The number of imidazole rings is 1. The summed E-state index contributed by atoms with van der Waals surface area (Å²) >= 11 is 0. The number of nitrogens with one attached hydrogen (secondary N) is 1. The molecule has 0 spiro atoms. The molecule has 184 valence electrons. The third-order valence-electron chi connectivity index (χ3n) is 7.56. The largest absolute Gasteiger partial charge is 0.496 e. The third kappa shape index (κ3) is 5.27. The molecule has 6 heteroatoms. The number of benzene rings is 2. The number of aromatic nitrogens is 2. The second-order valence-electron chi connectivity index (χ2n) is 10.1. The molecule has 0 radical (unpaired) electrons. The van der Waals surface area contributed by atoms with Gasteiger partial charge in [-0.1, -0.05) is 42.5 Å². The zero-order valence-corrected chi connectivity index (χ0v) is 21.1. The van der Waals surface area contributed by atoms with E-state index in [9.17, 15) is 4.79 Å². The van der Waals surface area contributed by atoms with Gasteiger partial charge < -0.3 is 14.6 Å². The Hall–Kier alpha value is -3.12. The second kappa shape index (κ2) is 10.2. The maximum absolute atomic E-state index is 13.0. The van der Waals surface area contributed by atoms with Crippen LogP contribution in [0.15, 0.2) is 48.7 Å². The van der Waals surface area contributed by atoms with Crippen LogP contribution >= 0.6 is 0 Å². The molecular formula is C29H36N4O2. The van der Waals surface area contributed by atoms with Gasteiger partial charge in [0.25, 0.3) is 5.91 Å². The molecular weight excluding hydrogens is 436 g/mol. The van der Waals surface area contributed by atoms with Gasteiger partial charge in [-0.3, -0.25) is 9.69 Å². The van der Waals surface area contributed by atoms with E-state index in [-0.39, 0.29) is 11.9 Å². The van der Waals surface area contributed by atoms with Gasteiger partial charge in [0.2, 0.25) is 0 Å². The van der Waals surface area contributed by atoms with Crippen LogP contribution in [-0.4, -0.2) is 46.6 Å². The number of amides is 1. The lowest BCUT2D eigenvalue weighted by molar-refractivity contribution is 0.0904. The molecule has 0 aliphatic carbocycles. The molecule has 1 N–H and O–H groups in total. The minimum absolute atomic E-state index is 0.0407. The van der Waals surface area contributed by atoms with Crippen molar-refractivity contribution in [2.75, 3.05) is 20.2 Å². The van der Waals surface area contributed by atoms with Gasteiger partial charge in [-0.2, -0.15) is 0 Å². The molecule has 2 aromatic carbocycles. The predicted octanol–water partition coefficient (Wildman–Crippen LogP) is 4.63. The van der Waals surface area contributed by atoms with Crippen molar-refractivity contribution >= 4 is 5.91 Å². The number of piperidine rings is 1. The van der Waals surface area contributed by atoms with Gasteiger partial charge in [0, 0.05) is 50.8 Å². The lowest BCUT2D eigenvalue weighted by Gasteiger charge is -2.32. The Bertz CT molecular complexity index is 1160. The third-order valence-corrected chi connectivity index (χ3v) is 7.56. The average molecular weight is 473 g/mol. The number of rotatable bonds is 6. The Kier molecular flexibility index (Phi) is 6.91. The van der Waals surface area contributed by atoms with Gasteiger partial charge in [0.1, 0.15) is 17.3 Å². The highest BCUT2D eigenvalue weighted by Gasteiger charge is 2.26. The van der Waals surface area contributed by atoms with Crippen LogP contribution in [0.25, 0.3) is 0 Å². The standard InChI is InChI=1S/C29H36N4O2/c1-20-15-24(16-21(2)28(20)35-3)23-9-10-27-31-26(19-33(27)18-23)29(34)30-25-11-13-32(14-12-25)17-22-7-5-4-6-8-22/h4-8,15-16,19,23,25H,9-14,17-18H2,1-3H3,(H,30,34). The van der Waals surface area contributed by atoms with Gasteiger partial charge in [0.15, 0.2) is 0 Å². The maximum atomic E-state index is 13.0. The van der Waals surface area contributed by atoms with Gasteiger partial charge >= 0.3 is 0 Å². The SMILES string of the molecule is COc1c(C)cc(C2CCc3nc(C(=O)NC4CCN(Cc5ccccc5)CC4)cn3C2)cc1C. The summed E-state index contributed by atoms with van der Waals surface area (Å²) in [4.78, 5) is 20.2. The first-order chi connectivity index (χ1) is 17.0. The highest BCUT2D eigenvalue weighted by atomic mass is 16.5. The van der Waals surface area contributed by atoms with Crippen molar-refractivity contribution in [3.63, 3.8) is 0 Å². The molecule has 1 unspecified atom stereocenters. The van der Waals surface area contributed by atoms with E-state index in [0.717, 1.165) is 63.4 Å². The first kappa shape index (κ1) is 23.6. The van der Waals surface area contributed by atoms with Crippen LogP contribution in [0, 0.1) is 13.8 Å². The zero-order valence-electron chi connectivity index (χ0n) is 21.1. The molecule has 0 bridgehead atoms. The number of carbonyl (C=O) groups excluding carboxylic acids is 1. The number of nitrogens with zero attached hydrogens (tertiary/aromatic N) is 3. The molecule has 2 aliphatic rings. The topological polar surface area (TPSA) is 59.4 Å². The first-order valence-electron chi connectivity index (χ1n) is 12.8. The molecule has 1 fully saturated rings. The van der Waals surface area contributed by atoms with E-state index >= 15 is 0 Å². The van der Waals surface area contributed by atoms with E-state index in [2.05, 4.69) is 71.1 Å². The Balaban J connectivity index is 1.17. The normalized spacial score (nSPS) is 18.8. The van der Waals surface area contributed by atoms with E-state index in [1.807, 2.05) is 6.20 Å². The summed E-state index contributed by atoms with van der Waals surface area (Å²) in [5.41, 5.74) is 5.59. The summed E-state index contributed by atoms with van der Waals surface area (Å²) in [5, 5.41) is 3.24. The summed E-state index contributed by atoms with van der Waals surface area (Å²) in [7, 11) is 1.73.